The van der Waals surface area contributed by atoms with Crippen LogP contribution in [-0.2, 0) is 22.4 Å². The zero-order chi connectivity index (χ0) is 17.4. The Hall–Kier alpha value is -1.39. The van der Waals surface area contributed by atoms with Crippen molar-refractivity contribution in [3.05, 3.63) is 35.4 Å². The zero-order valence-corrected chi connectivity index (χ0v) is 15.5. The number of fused-ring (bicyclic) bond motifs is 1. The summed E-state index contributed by atoms with van der Waals surface area (Å²) in [5.74, 6) is 1.40. The van der Waals surface area contributed by atoms with Gasteiger partial charge in [-0.3, -0.25) is 4.79 Å². The van der Waals surface area contributed by atoms with E-state index in [2.05, 4.69) is 41.1 Å². The number of ether oxygens (including phenoxy) is 1. The standard InChI is InChI=1S/C21H30N2O2/c1-22-12-19(13-25-2)21(14-22)7-8-23(15-21)20(24)11-16-9-17-5-3-4-6-18(17)10-16/h3-6,16,19H,7-15H2,1-2H3/t19-,21-/m0/s1. The second-order valence-electron chi connectivity index (χ2n) is 8.52. The van der Waals surface area contributed by atoms with Gasteiger partial charge in [0.05, 0.1) is 6.61 Å². The molecule has 0 N–H and O–H groups in total. The Morgan fingerprint density at radius 3 is 2.64 bits per heavy atom. The van der Waals surface area contributed by atoms with Crippen LogP contribution in [0, 0.1) is 17.3 Å². The minimum absolute atomic E-state index is 0.249. The second-order valence-corrected chi connectivity index (χ2v) is 8.52. The van der Waals surface area contributed by atoms with Crippen molar-refractivity contribution in [2.75, 3.05) is 46.9 Å². The molecule has 4 nitrogen and oxygen atoms in total. The van der Waals surface area contributed by atoms with Gasteiger partial charge in [-0.2, -0.15) is 0 Å². The maximum absolute atomic E-state index is 12.9. The van der Waals surface area contributed by atoms with E-state index in [9.17, 15) is 4.79 Å². The molecule has 3 aliphatic rings. The molecule has 2 atom stereocenters. The van der Waals surface area contributed by atoms with Gasteiger partial charge >= 0.3 is 0 Å². The average molecular weight is 342 g/mol. The zero-order valence-electron chi connectivity index (χ0n) is 15.5. The Morgan fingerprint density at radius 2 is 1.96 bits per heavy atom. The summed E-state index contributed by atoms with van der Waals surface area (Å²) >= 11 is 0. The Balaban J connectivity index is 1.37. The van der Waals surface area contributed by atoms with Crippen molar-refractivity contribution in [2.45, 2.75) is 25.7 Å². The third-order valence-corrected chi connectivity index (χ3v) is 6.69. The number of rotatable bonds is 4. The number of methoxy groups -OCH3 is 1. The second kappa shape index (κ2) is 6.73. The first-order valence-corrected chi connectivity index (χ1v) is 9.62. The molecule has 0 radical (unpaired) electrons. The summed E-state index contributed by atoms with van der Waals surface area (Å²) in [5.41, 5.74) is 3.13. The number of hydrogen-bond donors (Lipinski definition) is 0. The van der Waals surface area contributed by atoms with Gasteiger partial charge in [0.1, 0.15) is 0 Å². The molecule has 2 saturated heterocycles. The van der Waals surface area contributed by atoms with E-state index in [0.717, 1.165) is 52.0 Å². The van der Waals surface area contributed by atoms with Crippen LogP contribution in [0.15, 0.2) is 24.3 Å². The number of likely N-dealkylation sites (tertiary alicyclic amines) is 2. The van der Waals surface area contributed by atoms with Crippen LogP contribution in [0.3, 0.4) is 0 Å². The van der Waals surface area contributed by atoms with Crippen LogP contribution in [-0.4, -0.2) is 62.7 Å². The molecule has 2 aliphatic heterocycles. The SMILES string of the molecule is COC[C@@H]1CN(C)C[C@]12CCN(C(=O)CC1Cc3ccccc3C1)C2. The van der Waals surface area contributed by atoms with Crippen molar-refractivity contribution in [1.29, 1.82) is 0 Å². The number of carbonyl (C=O) groups is 1. The first-order chi connectivity index (χ1) is 12.1. The third-order valence-electron chi connectivity index (χ3n) is 6.69. The topological polar surface area (TPSA) is 32.8 Å². The minimum Gasteiger partial charge on any atom is -0.384 e. The number of benzene rings is 1. The highest BCUT2D eigenvalue weighted by atomic mass is 16.5. The van der Waals surface area contributed by atoms with Crippen LogP contribution in [0.1, 0.15) is 24.0 Å². The number of nitrogens with zero attached hydrogens (tertiary/aromatic N) is 2. The van der Waals surface area contributed by atoms with E-state index in [1.54, 1.807) is 7.11 Å². The fourth-order valence-corrected chi connectivity index (χ4v) is 5.47. The fourth-order valence-electron chi connectivity index (χ4n) is 5.47. The average Bonchev–Trinajstić information content (AvgIpc) is 3.26. The maximum Gasteiger partial charge on any atom is 0.222 e. The maximum atomic E-state index is 12.9. The molecule has 4 rings (SSSR count). The van der Waals surface area contributed by atoms with Crippen molar-refractivity contribution in [3.8, 4) is 0 Å². The van der Waals surface area contributed by atoms with Gasteiger partial charge in [0, 0.05) is 51.0 Å². The molecule has 1 amide bonds. The Kier molecular flexibility index (Phi) is 4.59. The summed E-state index contributed by atoms with van der Waals surface area (Å²) in [5, 5.41) is 0. The van der Waals surface area contributed by atoms with Gasteiger partial charge in [-0.05, 0) is 43.4 Å². The molecule has 0 aromatic heterocycles. The summed E-state index contributed by atoms with van der Waals surface area (Å²) < 4.78 is 5.47. The first-order valence-electron chi connectivity index (χ1n) is 9.62. The lowest BCUT2D eigenvalue weighted by atomic mass is 9.77. The Morgan fingerprint density at radius 1 is 1.24 bits per heavy atom. The molecule has 2 fully saturated rings. The van der Waals surface area contributed by atoms with Gasteiger partial charge in [0.2, 0.25) is 5.91 Å². The molecule has 1 spiro atoms. The van der Waals surface area contributed by atoms with Gasteiger partial charge in [0.25, 0.3) is 0 Å². The van der Waals surface area contributed by atoms with Crippen LogP contribution in [0.2, 0.25) is 0 Å². The van der Waals surface area contributed by atoms with E-state index in [1.807, 2.05) is 0 Å². The lowest BCUT2D eigenvalue weighted by Crippen LogP contribution is -2.38. The van der Waals surface area contributed by atoms with E-state index < -0.39 is 0 Å². The van der Waals surface area contributed by atoms with E-state index in [4.69, 9.17) is 4.74 Å². The van der Waals surface area contributed by atoms with Crippen LogP contribution in [0.4, 0.5) is 0 Å². The Bertz CT molecular complexity index is 622. The number of hydrogen-bond acceptors (Lipinski definition) is 3. The lowest BCUT2D eigenvalue weighted by molar-refractivity contribution is -0.131. The van der Waals surface area contributed by atoms with Gasteiger partial charge in [-0.15, -0.1) is 0 Å². The Labute approximate surface area is 151 Å². The molecule has 4 heteroatoms. The van der Waals surface area contributed by atoms with Crippen molar-refractivity contribution in [3.63, 3.8) is 0 Å². The van der Waals surface area contributed by atoms with Gasteiger partial charge < -0.3 is 14.5 Å². The quantitative estimate of drug-likeness (QED) is 0.841. The summed E-state index contributed by atoms with van der Waals surface area (Å²) in [6.07, 6.45) is 3.96. The highest BCUT2D eigenvalue weighted by Gasteiger charge is 2.50. The molecule has 0 bridgehead atoms. The largest absolute Gasteiger partial charge is 0.384 e. The van der Waals surface area contributed by atoms with E-state index >= 15 is 0 Å². The molecule has 0 saturated carbocycles. The van der Waals surface area contributed by atoms with E-state index in [1.165, 1.54) is 11.1 Å². The normalized spacial score (nSPS) is 29.7. The predicted octanol–water partition coefficient (Wildman–Crippen LogP) is 2.22. The smallest absolute Gasteiger partial charge is 0.222 e. The molecule has 0 unspecified atom stereocenters. The predicted molar refractivity (Wildman–Crippen MR) is 98.5 cm³/mol. The summed E-state index contributed by atoms with van der Waals surface area (Å²) in [4.78, 5) is 17.5. The number of amides is 1. The molecular formula is C21H30N2O2. The highest BCUT2D eigenvalue weighted by molar-refractivity contribution is 5.77. The first kappa shape index (κ1) is 17.0. The molecule has 1 aliphatic carbocycles. The van der Waals surface area contributed by atoms with Crippen molar-refractivity contribution in [2.24, 2.45) is 17.3 Å². The molecule has 25 heavy (non-hydrogen) atoms. The third kappa shape index (κ3) is 3.22. The van der Waals surface area contributed by atoms with Crippen molar-refractivity contribution >= 4 is 5.91 Å². The van der Waals surface area contributed by atoms with Crippen LogP contribution in [0.25, 0.3) is 0 Å². The van der Waals surface area contributed by atoms with Gasteiger partial charge in [-0.25, -0.2) is 0 Å². The summed E-state index contributed by atoms with van der Waals surface area (Å²) in [6.45, 7) is 4.84. The van der Waals surface area contributed by atoms with Gasteiger partial charge in [-0.1, -0.05) is 24.3 Å². The monoisotopic (exact) mass is 342 g/mol. The summed E-state index contributed by atoms with van der Waals surface area (Å²) in [6, 6.07) is 8.66. The molecule has 2 heterocycles. The number of carbonyl (C=O) groups excluding carboxylic acids is 1. The highest BCUT2D eigenvalue weighted by Crippen LogP contribution is 2.44. The van der Waals surface area contributed by atoms with Crippen LogP contribution in [0.5, 0.6) is 0 Å². The lowest BCUT2D eigenvalue weighted by Gasteiger charge is -2.30. The van der Waals surface area contributed by atoms with Crippen LogP contribution < -0.4 is 0 Å². The van der Waals surface area contributed by atoms with Gasteiger partial charge in [0.15, 0.2) is 0 Å². The van der Waals surface area contributed by atoms with Crippen molar-refractivity contribution in [1.82, 2.24) is 9.80 Å². The molecule has 136 valence electrons. The van der Waals surface area contributed by atoms with E-state index in [-0.39, 0.29) is 5.41 Å². The van der Waals surface area contributed by atoms with Crippen LogP contribution >= 0.6 is 0 Å². The molecule has 1 aromatic rings. The molecule has 1 aromatic carbocycles. The summed E-state index contributed by atoms with van der Waals surface area (Å²) in [7, 11) is 3.99. The minimum atomic E-state index is 0.249. The fraction of sp³-hybridized carbons (Fsp3) is 0.667. The van der Waals surface area contributed by atoms with E-state index in [0.29, 0.717) is 24.2 Å². The van der Waals surface area contributed by atoms with Crippen molar-refractivity contribution < 1.29 is 9.53 Å². The molecular weight excluding hydrogens is 312 g/mol.